The molecule has 0 atom stereocenters. The quantitative estimate of drug-likeness (QED) is 0.186. The zero-order valence-corrected chi connectivity index (χ0v) is 27.3. The smallest absolute Gasteiger partial charge is 0.143 e. The summed E-state index contributed by atoms with van der Waals surface area (Å²) in [5.74, 6) is 0. The molecule has 0 N–H and O–H groups in total. The minimum absolute atomic E-state index is 0.912. The van der Waals surface area contributed by atoms with Crippen molar-refractivity contribution in [3.63, 3.8) is 0 Å². The van der Waals surface area contributed by atoms with Crippen LogP contribution in [0.3, 0.4) is 0 Å². The molecular formula is C46H29NOS. The maximum atomic E-state index is 6.40. The zero-order chi connectivity index (χ0) is 32.3. The second-order valence-corrected chi connectivity index (χ2v) is 13.6. The Labute approximate surface area is 287 Å². The summed E-state index contributed by atoms with van der Waals surface area (Å²) < 4.78 is 8.97. The largest absolute Gasteiger partial charge is 0.455 e. The standard InChI is InChI=1S/C46H29NOS/c1-2-11-32-28-34(23-22-30(32)10-1)33-12-7-13-36(29-33)47(42-19-9-18-41-39-15-4-6-21-44(39)49-46(41)42)35-26-24-31(25-27-35)37-16-8-17-40-38-14-3-5-20-43(38)48-45(37)40/h1-29H. The fraction of sp³-hybridized carbons (Fsp3) is 0. The number of rotatable bonds is 5. The summed E-state index contributed by atoms with van der Waals surface area (Å²) in [6.07, 6.45) is 0. The first-order chi connectivity index (χ1) is 24.3. The molecule has 2 nitrogen and oxygen atoms in total. The molecule has 0 saturated heterocycles. The highest BCUT2D eigenvalue weighted by molar-refractivity contribution is 7.26. The Balaban J connectivity index is 1.14. The van der Waals surface area contributed by atoms with Crippen molar-refractivity contribution in [2.45, 2.75) is 0 Å². The van der Waals surface area contributed by atoms with E-state index in [4.69, 9.17) is 4.42 Å². The number of furan rings is 1. The lowest BCUT2D eigenvalue weighted by Crippen LogP contribution is -2.10. The van der Waals surface area contributed by atoms with E-state index in [1.54, 1.807) is 0 Å². The van der Waals surface area contributed by atoms with Crippen molar-refractivity contribution in [2.75, 3.05) is 4.90 Å². The number of anilines is 3. The Bertz CT molecular complexity index is 2840. The number of benzene rings is 8. The first-order valence-corrected chi connectivity index (χ1v) is 17.4. The molecule has 0 fully saturated rings. The number of hydrogen-bond acceptors (Lipinski definition) is 3. The molecule has 2 heterocycles. The Morgan fingerprint density at radius 1 is 0.429 bits per heavy atom. The maximum absolute atomic E-state index is 6.40. The third-order valence-corrected chi connectivity index (χ3v) is 10.9. The molecule has 49 heavy (non-hydrogen) atoms. The SMILES string of the molecule is c1cc(-c2ccc3ccccc3c2)cc(N(c2ccc(-c3cccc4c3oc3ccccc34)cc2)c2cccc3c2sc2ccccc23)c1. The van der Waals surface area contributed by atoms with Gasteiger partial charge in [0.25, 0.3) is 0 Å². The summed E-state index contributed by atoms with van der Waals surface area (Å²) >= 11 is 1.86. The van der Waals surface area contributed by atoms with E-state index >= 15 is 0 Å². The van der Waals surface area contributed by atoms with Gasteiger partial charge in [-0.2, -0.15) is 0 Å². The zero-order valence-electron chi connectivity index (χ0n) is 26.5. The summed E-state index contributed by atoms with van der Waals surface area (Å²) in [5, 5.41) is 7.35. The highest BCUT2D eigenvalue weighted by Gasteiger charge is 2.19. The third-order valence-electron chi connectivity index (χ3n) is 9.65. The van der Waals surface area contributed by atoms with E-state index in [0.29, 0.717) is 0 Å². The van der Waals surface area contributed by atoms with E-state index in [9.17, 15) is 0 Å². The van der Waals surface area contributed by atoms with Crippen molar-refractivity contribution < 1.29 is 4.42 Å². The molecular weight excluding hydrogens is 615 g/mol. The van der Waals surface area contributed by atoms with Gasteiger partial charge in [-0.25, -0.2) is 0 Å². The van der Waals surface area contributed by atoms with Gasteiger partial charge in [0.15, 0.2) is 0 Å². The van der Waals surface area contributed by atoms with Gasteiger partial charge >= 0.3 is 0 Å². The highest BCUT2D eigenvalue weighted by atomic mass is 32.1. The average Bonchev–Trinajstić information content (AvgIpc) is 3.74. The first kappa shape index (κ1) is 27.9. The van der Waals surface area contributed by atoms with Gasteiger partial charge < -0.3 is 9.32 Å². The molecule has 10 rings (SSSR count). The van der Waals surface area contributed by atoms with E-state index in [2.05, 4.69) is 169 Å². The van der Waals surface area contributed by atoms with Crippen LogP contribution >= 0.6 is 11.3 Å². The van der Waals surface area contributed by atoms with Crippen LogP contribution in [0.2, 0.25) is 0 Å². The van der Waals surface area contributed by atoms with Gasteiger partial charge in [0, 0.05) is 43.2 Å². The Kier molecular flexibility index (Phi) is 6.39. The van der Waals surface area contributed by atoms with E-state index in [0.717, 1.165) is 44.4 Å². The number of hydrogen-bond donors (Lipinski definition) is 0. The molecule has 2 aromatic heterocycles. The molecule has 10 aromatic rings. The molecule has 0 aliphatic heterocycles. The Morgan fingerprint density at radius 3 is 2.04 bits per heavy atom. The molecule has 0 saturated carbocycles. The minimum Gasteiger partial charge on any atom is -0.455 e. The van der Waals surface area contributed by atoms with Crippen LogP contribution in [0.1, 0.15) is 0 Å². The lowest BCUT2D eigenvalue weighted by Gasteiger charge is -2.27. The van der Waals surface area contributed by atoms with Crippen molar-refractivity contribution in [3.05, 3.63) is 176 Å². The van der Waals surface area contributed by atoms with Gasteiger partial charge in [0.1, 0.15) is 11.2 Å². The molecule has 3 heteroatoms. The second-order valence-electron chi connectivity index (χ2n) is 12.5. The van der Waals surface area contributed by atoms with Crippen molar-refractivity contribution in [1.29, 1.82) is 0 Å². The van der Waals surface area contributed by atoms with Gasteiger partial charge in [-0.05, 0) is 76.0 Å². The fourth-order valence-electron chi connectivity index (χ4n) is 7.29. The summed E-state index contributed by atoms with van der Waals surface area (Å²) in [7, 11) is 0. The first-order valence-electron chi connectivity index (χ1n) is 16.6. The summed E-state index contributed by atoms with van der Waals surface area (Å²) in [5.41, 5.74) is 9.82. The molecule has 0 unspecified atom stereocenters. The van der Waals surface area contributed by atoms with Gasteiger partial charge in [0.2, 0.25) is 0 Å². The topological polar surface area (TPSA) is 16.4 Å². The van der Waals surface area contributed by atoms with Crippen LogP contribution in [0, 0.1) is 0 Å². The second kappa shape index (κ2) is 11.2. The van der Waals surface area contributed by atoms with Crippen molar-refractivity contribution in [3.8, 4) is 22.3 Å². The average molecular weight is 644 g/mol. The normalized spacial score (nSPS) is 11.7. The van der Waals surface area contributed by atoms with Crippen LogP contribution in [-0.4, -0.2) is 0 Å². The van der Waals surface area contributed by atoms with E-state index in [-0.39, 0.29) is 0 Å². The predicted octanol–water partition coefficient (Wildman–Crippen LogP) is 13.9. The van der Waals surface area contributed by atoms with Gasteiger partial charge in [-0.15, -0.1) is 11.3 Å². The molecule has 8 aromatic carbocycles. The van der Waals surface area contributed by atoms with E-state index < -0.39 is 0 Å². The number of para-hydroxylation sites is 2. The summed E-state index contributed by atoms with van der Waals surface area (Å²) in [4.78, 5) is 2.41. The van der Waals surface area contributed by atoms with Crippen LogP contribution in [-0.2, 0) is 0 Å². The molecule has 0 aliphatic rings. The lowest BCUT2D eigenvalue weighted by atomic mass is 10.00. The Morgan fingerprint density at radius 2 is 1.12 bits per heavy atom. The minimum atomic E-state index is 0.912. The molecule has 0 aliphatic carbocycles. The molecule has 0 radical (unpaired) electrons. The van der Waals surface area contributed by atoms with Crippen molar-refractivity contribution in [1.82, 2.24) is 0 Å². The lowest BCUT2D eigenvalue weighted by molar-refractivity contribution is 0.670. The maximum Gasteiger partial charge on any atom is 0.143 e. The van der Waals surface area contributed by atoms with Crippen LogP contribution < -0.4 is 4.90 Å². The monoisotopic (exact) mass is 643 g/mol. The molecule has 0 bridgehead atoms. The van der Waals surface area contributed by atoms with Crippen LogP contribution in [0.15, 0.2) is 180 Å². The highest BCUT2D eigenvalue weighted by Crippen LogP contribution is 2.46. The van der Waals surface area contributed by atoms with Crippen LogP contribution in [0.4, 0.5) is 17.1 Å². The number of nitrogens with zero attached hydrogens (tertiary/aromatic N) is 1. The third kappa shape index (κ3) is 4.62. The van der Waals surface area contributed by atoms with E-state index in [1.165, 1.54) is 47.8 Å². The summed E-state index contributed by atoms with van der Waals surface area (Å²) in [6.45, 7) is 0. The Hall–Kier alpha value is -6.16. The van der Waals surface area contributed by atoms with Crippen molar-refractivity contribution in [2.24, 2.45) is 0 Å². The number of thiophene rings is 1. The van der Waals surface area contributed by atoms with E-state index in [1.807, 2.05) is 23.5 Å². The van der Waals surface area contributed by atoms with Gasteiger partial charge in [-0.3, -0.25) is 0 Å². The number of fused-ring (bicyclic) bond motifs is 7. The van der Waals surface area contributed by atoms with Crippen LogP contribution in [0.25, 0.3) is 75.1 Å². The summed E-state index contributed by atoms with van der Waals surface area (Å²) in [6, 6.07) is 63.3. The van der Waals surface area contributed by atoms with Gasteiger partial charge in [-0.1, -0.05) is 127 Å². The molecule has 230 valence electrons. The van der Waals surface area contributed by atoms with Crippen molar-refractivity contribution >= 4 is 81.3 Å². The molecule has 0 amide bonds. The van der Waals surface area contributed by atoms with Crippen LogP contribution in [0.5, 0.6) is 0 Å². The predicted molar refractivity (Wildman–Crippen MR) is 210 cm³/mol. The van der Waals surface area contributed by atoms with Gasteiger partial charge in [0.05, 0.1) is 10.4 Å². The molecule has 0 spiro atoms. The fourth-order valence-corrected chi connectivity index (χ4v) is 8.50.